The van der Waals surface area contributed by atoms with Gasteiger partial charge < -0.3 is 20.5 Å². The molecule has 1 aromatic rings. The summed E-state index contributed by atoms with van der Waals surface area (Å²) in [5.41, 5.74) is 0.868. The van der Waals surface area contributed by atoms with Crippen molar-refractivity contribution in [2.75, 3.05) is 13.7 Å². The molecule has 0 spiro atoms. The smallest absolute Gasteiger partial charge is 0.315 e. The van der Waals surface area contributed by atoms with Crippen LogP contribution >= 0.6 is 15.9 Å². The molecule has 0 fully saturated rings. The lowest BCUT2D eigenvalue weighted by Crippen LogP contribution is -2.36. The lowest BCUT2D eigenvalue weighted by Gasteiger charge is -2.09. The molecule has 0 heterocycles. The predicted octanol–water partition coefficient (Wildman–Crippen LogP) is 1.73. The zero-order valence-corrected chi connectivity index (χ0v) is 12.0. The van der Waals surface area contributed by atoms with E-state index in [1.54, 1.807) is 13.2 Å². The van der Waals surface area contributed by atoms with Gasteiger partial charge in [-0.15, -0.1) is 0 Å². The van der Waals surface area contributed by atoms with Gasteiger partial charge in [-0.3, -0.25) is 4.79 Å². The number of nitrogens with one attached hydrogen (secondary N) is 2. The van der Waals surface area contributed by atoms with E-state index in [4.69, 9.17) is 9.84 Å². The van der Waals surface area contributed by atoms with Crippen LogP contribution in [0.25, 0.3) is 0 Å². The van der Waals surface area contributed by atoms with E-state index in [0.29, 0.717) is 12.3 Å². The van der Waals surface area contributed by atoms with Crippen LogP contribution in [-0.4, -0.2) is 30.8 Å². The monoisotopic (exact) mass is 330 g/mol. The Labute approximate surface area is 119 Å². The number of urea groups is 1. The Morgan fingerprint density at radius 3 is 2.74 bits per heavy atom. The van der Waals surface area contributed by atoms with Crippen LogP contribution in [0.15, 0.2) is 22.7 Å². The Kier molecular flexibility index (Phi) is 6.14. The molecule has 0 saturated heterocycles. The Hall–Kier alpha value is -1.76. The van der Waals surface area contributed by atoms with Gasteiger partial charge in [0.2, 0.25) is 0 Å². The van der Waals surface area contributed by atoms with Crippen LogP contribution in [0.3, 0.4) is 0 Å². The van der Waals surface area contributed by atoms with Crippen molar-refractivity contribution in [2.24, 2.45) is 0 Å². The summed E-state index contributed by atoms with van der Waals surface area (Å²) < 4.78 is 5.95. The van der Waals surface area contributed by atoms with Crippen LogP contribution in [0.1, 0.15) is 12.0 Å². The molecule has 0 unspecified atom stereocenters. The van der Waals surface area contributed by atoms with Gasteiger partial charge in [0, 0.05) is 17.6 Å². The quantitative estimate of drug-likeness (QED) is 0.741. The molecule has 0 aliphatic heterocycles. The number of carboxylic acids is 1. The van der Waals surface area contributed by atoms with Gasteiger partial charge in [0.1, 0.15) is 5.75 Å². The molecule has 1 rings (SSSR count). The van der Waals surface area contributed by atoms with Gasteiger partial charge in [-0.05, 0) is 23.8 Å². The number of methoxy groups -OCH3 is 1. The second kappa shape index (κ2) is 7.63. The minimum atomic E-state index is -0.948. The zero-order valence-electron chi connectivity index (χ0n) is 10.4. The van der Waals surface area contributed by atoms with Gasteiger partial charge >= 0.3 is 12.0 Å². The van der Waals surface area contributed by atoms with Crippen molar-refractivity contribution >= 4 is 27.9 Å². The molecule has 104 valence electrons. The molecule has 1 aromatic carbocycles. The van der Waals surface area contributed by atoms with Crippen LogP contribution in [0.5, 0.6) is 5.75 Å². The number of aliphatic carboxylic acids is 1. The number of benzene rings is 1. The number of ether oxygens (including phenoxy) is 1. The van der Waals surface area contributed by atoms with E-state index in [1.165, 1.54) is 0 Å². The number of amides is 2. The Morgan fingerprint density at radius 1 is 1.37 bits per heavy atom. The first-order valence-corrected chi connectivity index (χ1v) is 6.38. The van der Waals surface area contributed by atoms with Crippen molar-refractivity contribution < 1.29 is 19.4 Å². The number of hydrogen-bond acceptors (Lipinski definition) is 3. The third-order valence-electron chi connectivity index (χ3n) is 2.32. The highest BCUT2D eigenvalue weighted by molar-refractivity contribution is 9.10. The average molecular weight is 331 g/mol. The Morgan fingerprint density at radius 2 is 2.11 bits per heavy atom. The van der Waals surface area contributed by atoms with Crippen LogP contribution in [0.4, 0.5) is 4.79 Å². The van der Waals surface area contributed by atoms with Crippen molar-refractivity contribution in [2.45, 2.75) is 13.0 Å². The molecule has 6 nitrogen and oxygen atoms in total. The molecule has 0 bridgehead atoms. The average Bonchev–Trinajstić information content (AvgIpc) is 2.37. The molecule has 0 atom stereocenters. The van der Waals surface area contributed by atoms with E-state index in [0.717, 1.165) is 10.0 Å². The van der Waals surface area contributed by atoms with E-state index in [2.05, 4.69) is 26.6 Å². The first-order valence-electron chi connectivity index (χ1n) is 5.59. The fourth-order valence-electron chi connectivity index (χ4n) is 1.33. The lowest BCUT2D eigenvalue weighted by atomic mass is 10.2. The van der Waals surface area contributed by atoms with Gasteiger partial charge in [0.15, 0.2) is 0 Å². The second-order valence-electron chi connectivity index (χ2n) is 3.71. The van der Waals surface area contributed by atoms with Gasteiger partial charge in [-0.25, -0.2) is 4.79 Å². The summed E-state index contributed by atoms with van der Waals surface area (Å²) in [5, 5.41) is 13.5. The third-order valence-corrected chi connectivity index (χ3v) is 3.09. The fraction of sp³-hybridized carbons (Fsp3) is 0.333. The number of halogens is 1. The topological polar surface area (TPSA) is 87.7 Å². The summed E-state index contributed by atoms with van der Waals surface area (Å²) in [6, 6.07) is 5.04. The summed E-state index contributed by atoms with van der Waals surface area (Å²) in [5.74, 6) is -0.248. The van der Waals surface area contributed by atoms with E-state index >= 15 is 0 Å². The molecule has 2 amide bonds. The van der Waals surface area contributed by atoms with E-state index in [9.17, 15) is 9.59 Å². The van der Waals surface area contributed by atoms with Crippen molar-refractivity contribution in [1.29, 1.82) is 0 Å². The van der Waals surface area contributed by atoms with Crippen LogP contribution < -0.4 is 15.4 Å². The summed E-state index contributed by atoms with van der Waals surface area (Å²) in [6.07, 6.45) is -0.101. The highest BCUT2D eigenvalue weighted by atomic mass is 79.9. The molecule has 0 radical (unpaired) electrons. The summed E-state index contributed by atoms with van der Waals surface area (Å²) in [7, 11) is 1.57. The fourth-order valence-corrected chi connectivity index (χ4v) is 1.72. The van der Waals surface area contributed by atoms with Crippen LogP contribution in [0, 0.1) is 0 Å². The van der Waals surface area contributed by atoms with Crippen molar-refractivity contribution in [1.82, 2.24) is 10.6 Å². The number of carbonyl (C=O) groups is 2. The van der Waals surface area contributed by atoms with Crippen molar-refractivity contribution in [3.8, 4) is 5.75 Å². The minimum Gasteiger partial charge on any atom is -0.497 e. The maximum Gasteiger partial charge on any atom is 0.315 e. The molecule has 7 heteroatoms. The summed E-state index contributed by atoms with van der Waals surface area (Å²) in [4.78, 5) is 21.7. The first-order chi connectivity index (χ1) is 9.02. The lowest BCUT2D eigenvalue weighted by molar-refractivity contribution is -0.136. The van der Waals surface area contributed by atoms with Crippen molar-refractivity contribution in [3.05, 3.63) is 28.2 Å². The van der Waals surface area contributed by atoms with Crippen LogP contribution in [-0.2, 0) is 11.3 Å². The van der Waals surface area contributed by atoms with Gasteiger partial charge in [-0.2, -0.15) is 0 Å². The van der Waals surface area contributed by atoms with Gasteiger partial charge in [0.25, 0.3) is 0 Å². The number of carbonyl (C=O) groups excluding carboxylic acids is 1. The molecule has 3 N–H and O–H groups in total. The molecular weight excluding hydrogens is 316 g/mol. The standard InChI is InChI=1S/C12H15BrN2O4/c1-19-9-2-3-10(13)8(6-9)7-15-12(18)14-5-4-11(16)17/h2-3,6H,4-5,7H2,1H3,(H,16,17)(H2,14,15,18). The molecule has 0 aliphatic carbocycles. The normalized spacial score (nSPS) is 9.79. The largest absolute Gasteiger partial charge is 0.497 e. The van der Waals surface area contributed by atoms with E-state index in [1.807, 2.05) is 12.1 Å². The predicted molar refractivity (Wildman–Crippen MR) is 73.2 cm³/mol. The minimum absolute atomic E-state index is 0.0977. The third kappa shape index (κ3) is 5.60. The summed E-state index contributed by atoms with van der Waals surface area (Å²) >= 11 is 3.38. The number of hydrogen-bond donors (Lipinski definition) is 3. The highest BCUT2D eigenvalue weighted by Crippen LogP contribution is 2.22. The first kappa shape index (κ1) is 15.3. The number of carboxylic acid groups (broad SMARTS) is 1. The highest BCUT2D eigenvalue weighted by Gasteiger charge is 2.05. The van der Waals surface area contributed by atoms with Crippen LogP contribution in [0.2, 0.25) is 0 Å². The molecule has 19 heavy (non-hydrogen) atoms. The van der Waals surface area contributed by atoms with E-state index < -0.39 is 12.0 Å². The molecule has 0 aliphatic rings. The molecule has 0 saturated carbocycles. The second-order valence-corrected chi connectivity index (χ2v) is 4.56. The Balaban J connectivity index is 2.43. The van der Waals surface area contributed by atoms with Gasteiger partial charge in [0.05, 0.1) is 13.5 Å². The molecular formula is C12H15BrN2O4. The van der Waals surface area contributed by atoms with Crippen molar-refractivity contribution in [3.63, 3.8) is 0 Å². The van der Waals surface area contributed by atoms with Gasteiger partial charge in [-0.1, -0.05) is 15.9 Å². The number of rotatable bonds is 6. The maximum absolute atomic E-state index is 11.4. The summed E-state index contributed by atoms with van der Waals surface area (Å²) in [6.45, 7) is 0.414. The SMILES string of the molecule is COc1ccc(Br)c(CNC(=O)NCCC(=O)O)c1. The Bertz CT molecular complexity index is 465. The van der Waals surface area contributed by atoms with E-state index in [-0.39, 0.29) is 13.0 Å². The molecule has 0 aromatic heterocycles. The maximum atomic E-state index is 11.4. The zero-order chi connectivity index (χ0) is 14.3.